The van der Waals surface area contributed by atoms with Crippen LogP contribution in [0.25, 0.3) is 22.6 Å². The van der Waals surface area contributed by atoms with Crippen LogP contribution < -0.4 is 5.32 Å². The van der Waals surface area contributed by atoms with Gasteiger partial charge in [0.1, 0.15) is 5.52 Å². The molecule has 0 aliphatic heterocycles. The maximum Gasteiger partial charge on any atom is 0.227 e. The van der Waals surface area contributed by atoms with Crippen molar-refractivity contribution in [3.8, 4) is 11.5 Å². The molecule has 2 aromatic carbocycles. The highest BCUT2D eigenvalue weighted by Crippen LogP contribution is 2.32. The lowest BCUT2D eigenvalue weighted by atomic mass is 10.2. The zero-order valence-electron chi connectivity index (χ0n) is 10.9. The molecular formula is C15H12Cl2N2O2. The van der Waals surface area contributed by atoms with Gasteiger partial charge in [-0.3, -0.25) is 0 Å². The Kier molecular flexibility index (Phi) is 4.01. The molecule has 6 heteroatoms. The molecule has 0 spiro atoms. The van der Waals surface area contributed by atoms with Crippen LogP contribution in [-0.4, -0.2) is 23.2 Å². The van der Waals surface area contributed by atoms with Gasteiger partial charge in [0.15, 0.2) is 5.58 Å². The molecule has 1 heterocycles. The van der Waals surface area contributed by atoms with Crippen LogP contribution in [0.15, 0.2) is 40.8 Å². The van der Waals surface area contributed by atoms with E-state index in [2.05, 4.69) is 10.3 Å². The number of hydrogen-bond donors (Lipinski definition) is 2. The molecule has 3 aromatic rings. The summed E-state index contributed by atoms with van der Waals surface area (Å²) < 4.78 is 5.70. The van der Waals surface area contributed by atoms with Gasteiger partial charge >= 0.3 is 0 Å². The van der Waals surface area contributed by atoms with Crippen LogP contribution in [0.4, 0.5) is 5.69 Å². The zero-order chi connectivity index (χ0) is 14.8. The van der Waals surface area contributed by atoms with Gasteiger partial charge in [0, 0.05) is 22.8 Å². The summed E-state index contributed by atoms with van der Waals surface area (Å²) in [5.41, 5.74) is 2.92. The smallest absolute Gasteiger partial charge is 0.227 e. The van der Waals surface area contributed by atoms with Crippen LogP contribution in [0.2, 0.25) is 10.0 Å². The number of anilines is 1. The van der Waals surface area contributed by atoms with Crippen LogP contribution in [0.5, 0.6) is 0 Å². The summed E-state index contributed by atoms with van der Waals surface area (Å²) in [5.74, 6) is 0.489. The zero-order valence-corrected chi connectivity index (χ0v) is 12.4. The fraction of sp³-hybridized carbons (Fsp3) is 0.133. The van der Waals surface area contributed by atoms with E-state index in [0.717, 1.165) is 11.3 Å². The fourth-order valence-corrected chi connectivity index (χ4v) is 2.54. The number of benzene rings is 2. The quantitative estimate of drug-likeness (QED) is 0.755. The maximum atomic E-state index is 8.78. The van der Waals surface area contributed by atoms with Gasteiger partial charge in [-0.1, -0.05) is 23.2 Å². The van der Waals surface area contributed by atoms with Gasteiger partial charge in [0.05, 0.1) is 11.6 Å². The van der Waals surface area contributed by atoms with E-state index in [1.54, 1.807) is 12.1 Å². The summed E-state index contributed by atoms with van der Waals surface area (Å²) in [6.07, 6.45) is 0. The molecule has 0 aliphatic rings. The molecule has 0 aliphatic carbocycles. The van der Waals surface area contributed by atoms with E-state index in [1.165, 1.54) is 0 Å². The minimum Gasteiger partial charge on any atom is -0.435 e. The monoisotopic (exact) mass is 322 g/mol. The summed E-state index contributed by atoms with van der Waals surface area (Å²) in [5, 5.41) is 12.8. The highest BCUT2D eigenvalue weighted by molar-refractivity contribution is 6.38. The maximum absolute atomic E-state index is 8.78. The Morgan fingerprint density at radius 1 is 1.14 bits per heavy atom. The third-order valence-corrected chi connectivity index (χ3v) is 3.48. The molecular weight excluding hydrogens is 311 g/mol. The average molecular weight is 323 g/mol. The molecule has 0 amide bonds. The van der Waals surface area contributed by atoms with Crippen molar-refractivity contribution in [3.05, 3.63) is 46.4 Å². The predicted octanol–water partition coefficient (Wildman–Crippen LogP) is 4.21. The molecule has 3 rings (SSSR count). The molecule has 0 unspecified atom stereocenters. The molecule has 21 heavy (non-hydrogen) atoms. The van der Waals surface area contributed by atoms with E-state index in [0.29, 0.717) is 33.6 Å². The van der Waals surface area contributed by atoms with Gasteiger partial charge in [-0.2, -0.15) is 0 Å². The number of nitrogens with zero attached hydrogens (tertiary/aromatic N) is 1. The number of aliphatic hydroxyl groups is 1. The standard InChI is InChI=1S/C15H12Cl2N2O2/c16-10-7-12(17)14-13(8-10)19-15(21-14)9-1-3-11(4-2-9)18-5-6-20/h1-4,7-8,18,20H,5-6H2. The van der Waals surface area contributed by atoms with Crippen molar-refractivity contribution in [3.63, 3.8) is 0 Å². The third-order valence-electron chi connectivity index (χ3n) is 2.98. The minimum atomic E-state index is 0.0894. The van der Waals surface area contributed by atoms with Crippen LogP contribution in [0, 0.1) is 0 Å². The summed E-state index contributed by atoms with van der Waals surface area (Å²) >= 11 is 12.0. The first kappa shape index (κ1) is 14.2. The second kappa shape index (κ2) is 5.93. The lowest BCUT2D eigenvalue weighted by Crippen LogP contribution is -2.04. The number of halogens is 2. The topological polar surface area (TPSA) is 58.3 Å². The van der Waals surface area contributed by atoms with Crippen LogP contribution in [0.1, 0.15) is 0 Å². The fourth-order valence-electron chi connectivity index (χ4n) is 2.01. The molecule has 2 N–H and O–H groups in total. The Hall–Kier alpha value is -1.75. The van der Waals surface area contributed by atoms with E-state index in [4.69, 9.17) is 32.7 Å². The third kappa shape index (κ3) is 2.97. The van der Waals surface area contributed by atoms with Crippen molar-refractivity contribution in [2.24, 2.45) is 0 Å². The highest BCUT2D eigenvalue weighted by Gasteiger charge is 2.12. The first-order valence-corrected chi connectivity index (χ1v) is 7.14. The van der Waals surface area contributed by atoms with Crippen LogP contribution >= 0.6 is 23.2 Å². The highest BCUT2D eigenvalue weighted by atomic mass is 35.5. The van der Waals surface area contributed by atoms with Crippen LogP contribution in [0.3, 0.4) is 0 Å². The number of fused-ring (bicyclic) bond motifs is 1. The van der Waals surface area contributed by atoms with Crippen molar-refractivity contribution >= 4 is 40.0 Å². The number of oxazole rings is 1. The number of rotatable bonds is 4. The Balaban J connectivity index is 1.95. The van der Waals surface area contributed by atoms with E-state index in [9.17, 15) is 0 Å². The first-order valence-electron chi connectivity index (χ1n) is 6.38. The normalized spacial score (nSPS) is 11.0. The second-order valence-electron chi connectivity index (χ2n) is 4.48. The summed E-state index contributed by atoms with van der Waals surface area (Å²) in [7, 11) is 0. The molecule has 0 atom stereocenters. The second-order valence-corrected chi connectivity index (χ2v) is 5.33. The van der Waals surface area contributed by atoms with E-state index in [-0.39, 0.29) is 6.61 Å². The van der Waals surface area contributed by atoms with E-state index < -0.39 is 0 Å². The number of aliphatic hydroxyl groups excluding tert-OH is 1. The Bertz CT molecular complexity index is 769. The molecule has 0 saturated heterocycles. The Morgan fingerprint density at radius 2 is 1.90 bits per heavy atom. The van der Waals surface area contributed by atoms with Gasteiger partial charge < -0.3 is 14.8 Å². The van der Waals surface area contributed by atoms with Crippen molar-refractivity contribution in [1.82, 2.24) is 4.98 Å². The lowest BCUT2D eigenvalue weighted by Gasteiger charge is -2.04. The Morgan fingerprint density at radius 3 is 2.62 bits per heavy atom. The predicted molar refractivity (Wildman–Crippen MR) is 85.0 cm³/mol. The van der Waals surface area contributed by atoms with E-state index in [1.807, 2.05) is 24.3 Å². The van der Waals surface area contributed by atoms with Gasteiger partial charge in [-0.25, -0.2) is 4.98 Å². The van der Waals surface area contributed by atoms with Gasteiger partial charge in [0.2, 0.25) is 5.89 Å². The number of hydrogen-bond acceptors (Lipinski definition) is 4. The summed E-state index contributed by atoms with van der Waals surface area (Å²) in [6, 6.07) is 10.9. The van der Waals surface area contributed by atoms with Gasteiger partial charge in [0.25, 0.3) is 0 Å². The van der Waals surface area contributed by atoms with E-state index >= 15 is 0 Å². The lowest BCUT2D eigenvalue weighted by molar-refractivity contribution is 0.311. The summed E-state index contributed by atoms with van der Waals surface area (Å²) in [4.78, 5) is 4.40. The molecule has 0 bridgehead atoms. The molecule has 1 aromatic heterocycles. The Labute approximate surface area is 131 Å². The number of nitrogens with one attached hydrogen (secondary N) is 1. The molecule has 0 radical (unpaired) electrons. The molecule has 108 valence electrons. The van der Waals surface area contributed by atoms with Crippen molar-refractivity contribution < 1.29 is 9.52 Å². The average Bonchev–Trinajstić information content (AvgIpc) is 2.90. The SMILES string of the molecule is OCCNc1ccc(-c2nc3cc(Cl)cc(Cl)c3o2)cc1. The minimum absolute atomic E-state index is 0.0894. The van der Waals surface area contributed by atoms with Crippen molar-refractivity contribution in [1.29, 1.82) is 0 Å². The van der Waals surface area contributed by atoms with Gasteiger partial charge in [-0.05, 0) is 36.4 Å². The first-order chi connectivity index (χ1) is 10.2. The molecule has 0 saturated carbocycles. The van der Waals surface area contributed by atoms with Crippen molar-refractivity contribution in [2.75, 3.05) is 18.5 Å². The molecule has 0 fully saturated rings. The number of aromatic nitrogens is 1. The van der Waals surface area contributed by atoms with Crippen LogP contribution in [-0.2, 0) is 0 Å². The molecule has 4 nitrogen and oxygen atoms in total. The largest absolute Gasteiger partial charge is 0.435 e. The van der Waals surface area contributed by atoms with Crippen molar-refractivity contribution in [2.45, 2.75) is 0 Å². The van der Waals surface area contributed by atoms with Gasteiger partial charge in [-0.15, -0.1) is 0 Å². The summed E-state index contributed by atoms with van der Waals surface area (Å²) in [6.45, 7) is 0.600.